The summed E-state index contributed by atoms with van der Waals surface area (Å²) >= 11 is 0. The van der Waals surface area contributed by atoms with E-state index in [-0.39, 0.29) is 12.3 Å². The van der Waals surface area contributed by atoms with Crippen LogP contribution in [0, 0.1) is 0 Å². The van der Waals surface area contributed by atoms with E-state index in [9.17, 15) is 0 Å². The van der Waals surface area contributed by atoms with Gasteiger partial charge in [0.2, 0.25) is 0 Å². The Balaban J connectivity index is 1.47. The second kappa shape index (κ2) is 7.73. The van der Waals surface area contributed by atoms with Gasteiger partial charge in [-0.25, -0.2) is 15.0 Å². The molecule has 2 aromatic carbocycles. The number of imidazole rings is 1. The molecule has 4 aromatic rings. The molecule has 2 unspecified atom stereocenters. The Bertz CT molecular complexity index is 1100. The Hall–Kier alpha value is -3.09. The van der Waals surface area contributed by atoms with E-state index in [4.69, 9.17) is 10.5 Å². The molecule has 5 rings (SSSR count). The average Bonchev–Trinajstić information content (AvgIpc) is 3.24. The fourth-order valence-electron chi connectivity index (χ4n) is 3.92. The molecule has 29 heavy (non-hydrogen) atoms. The first-order chi connectivity index (χ1) is 14.3. The van der Waals surface area contributed by atoms with Gasteiger partial charge in [0.1, 0.15) is 23.8 Å². The summed E-state index contributed by atoms with van der Waals surface area (Å²) in [7, 11) is 0. The molecule has 0 spiro atoms. The summed E-state index contributed by atoms with van der Waals surface area (Å²) in [6, 6.07) is 18.2. The van der Waals surface area contributed by atoms with Crippen LogP contribution in [0.25, 0.3) is 22.4 Å². The maximum absolute atomic E-state index is 6.43. The van der Waals surface area contributed by atoms with Crippen LogP contribution in [0.5, 0.6) is 0 Å². The van der Waals surface area contributed by atoms with Gasteiger partial charge in [-0.1, -0.05) is 54.6 Å². The summed E-state index contributed by atoms with van der Waals surface area (Å²) in [4.78, 5) is 13.6. The van der Waals surface area contributed by atoms with Crippen molar-refractivity contribution in [2.24, 2.45) is 5.73 Å². The summed E-state index contributed by atoms with van der Waals surface area (Å²) in [5, 5.41) is 0. The summed E-state index contributed by atoms with van der Waals surface area (Å²) < 4.78 is 7.94. The number of nitrogens with two attached hydrogens (primary N) is 1. The number of aromatic nitrogens is 4. The van der Waals surface area contributed by atoms with E-state index in [0.717, 1.165) is 59.4 Å². The lowest BCUT2D eigenvalue weighted by Crippen LogP contribution is -2.17. The maximum Gasteiger partial charge on any atom is 0.165 e. The molecular weight excluding hydrogens is 362 g/mol. The average molecular weight is 385 g/mol. The van der Waals surface area contributed by atoms with Gasteiger partial charge in [0.05, 0.1) is 12.4 Å². The van der Waals surface area contributed by atoms with Crippen LogP contribution >= 0.6 is 0 Å². The zero-order valence-corrected chi connectivity index (χ0v) is 16.1. The predicted octanol–water partition coefficient (Wildman–Crippen LogP) is 4.24. The van der Waals surface area contributed by atoms with Crippen LogP contribution in [0.1, 0.15) is 42.7 Å². The number of ether oxygens (including phenoxy) is 1. The van der Waals surface area contributed by atoms with Crippen LogP contribution in [0.3, 0.4) is 0 Å². The van der Waals surface area contributed by atoms with Crippen molar-refractivity contribution in [2.45, 2.75) is 31.5 Å². The van der Waals surface area contributed by atoms with Crippen LogP contribution < -0.4 is 5.73 Å². The molecule has 2 aromatic heterocycles. The van der Waals surface area contributed by atoms with E-state index in [1.807, 2.05) is 41.2 Å². The molecule has 0 saturated carbocycles. The lowest BCUT2D eigenvalue weighted by Gasteiger charge is -2.23. The number of rotatable bonds is 4. The van der Waals surface area contributed by atoms with E-state index in [0.29, 0.717) is 0 Å². The number of hydrogen-bond acceptors (Lipinski definition) is 5. The van der Waals surface area contributed by atoms with Crippen LogP contribution in [0.15, 0.2) is 67.3 Å². The minimum atomic E-state index is -0.154. The van der Waals surface area contributed by atoms with E-state index in [1.54, 1.807) is 6.33 Å². The molecule has 146 valence electrons. The largest absolute Gasteiger partial charge is 0.358 e. The second-order valence-electron chi connectivity index (χ2n) is 7.38. The molecule has 1 aliphatic rings. The highest BCUT2D eigenvalue weighted by molar-refractivity contribution is 5.87. The fourth-order valence-corrected chi connectivity index (χ4v) is 3.92. The van der Waals surface area contributed by atoms with Gasteiger partial charge in [0, 0.05) is 12.2 Å². The van der Waals surface area contributed by atoms with Crippen molar-refractivity contribution < 1.29 is 4.74 Å². The highest BCUT2D eigenvalue weighted by Crippen LogP contribution is 2.30. The third-order valence-corrected chi connectivity index (χ3v) is 5.53. The molecule has 0 aliphatic carbocycles. The minimum Gasteiger partial charge on any atom is -0.358 e. The quantitative estimate of drug-likeness (QED) is 0.568. The van der Waals surface area contributed by atoms with Crippen molar-refractivity contribution in [1.82, 2.24) is 19.5 Å². The minimum absolute atomic E-state index is 0.00254. The first-order valence-corrected chi connectivity index (χ1v) is 10.0. The third-order valence-electron chi connectivity index (χ3n) is 5.53. The van der Waals surface area contributed by atoms with Gasteiger partial charge in [-0.3, -0.25) is 4.57 Å². The molecular formula is C23H23N5O. The van der Waals surface area contributed by atoms with Crippen molar-refractivity contribution in [3.8, 4) is 11.3 Å². The highest BCUT2D eigenvalue weighted by Gasteiger charge is 2.20. The summed E-state index contributed by atoms with van der Waals surface area (Å²) in [5.74, 6) is 0. The second-order valence-corrected chi connectivity index (χ2v) is 7.38. The van der Waals surface area contributed by atoms with Crippen LogP contribution in [0.2, 0.25) is 0 Å². The molecule has 0 amide bonds. The van der Waals surface area contributed by atoms with Gasteiger partial charge in [0.15, 0.2) is 5.65 Å². The number of benzene rings is 2. The topological polar surface area (TPSA) is 78.9 Å². The fraction of sp³-hybridized carbons (Fsp3) is 0.261. The van der Waals surface area contributed by atoms with Gasteiger partial charge in [-0.05, 0) is 30.4 Å². The molecule has 2 N–H and O–H groups in total. The summed E-state index contributed by atoms with van der Waals surface area (Å²) in [6.45, 7) is 0.783. The van der Waals surface area contributed by atoms with Gasteiger partial charge < -0.3 is 10.5 Å². The van der Waals surface area contributed by atoms with Crippen molar-refractivity contribution in [3.05, 3.63) is 78.4 Å². The van der Waals surface area contributed by atoms with E-state index < -0.39 is 0 Å². The first-order valence-electron chi connectivity index (χ1n) is 10.0. The van der Waals surface area contributed by atoms with Crippen LogP contribution in [0.4, 0.5) is 0 Å². The monoisotopic (exact) mass is 385 g/mol. The maximum atomic E-state index is 6.43. The molecule has 1 saturated heterocycles. The Morgan fingerprint density at radius 1 is 0.931 bits per heavy atom. The molecule has 1 aliphatic heterocycles. The van der Waals surface area contributed by atoms with Crippen molar-refractivity contribution >= 4 is 11.2 Å². The molecule has 1 fully saturated rings. The van der Waals surface area contributed by atoms with Crippen molar-refractivity contribution in [1.29, 1.82) is 0 Å². The molecule has 0 radical (unpaired) electrons. The van der Waals surface area contributed by atoms with Crippen LogP contribution in [-0.2, 0) is 4.74 Å². The third kappa shape index (κ3) is 3.41. The normalized spacial score (nSPS) is 18.0. The standard InChI is InChI=1S/C23H23N5O/c24-20(16-6-2-1-3-7-16)17-9-11-18(12-10-17)21-22-23(26-14-25-21)28(15-27-22)19-8-4-5-13-29-19/h1-3,6-7,9-12,14-15,19-20H,4-5,8,13,24H2. The zero-order chi connectivity index (χ0) is 19.6. The number of nitrogens with zero attached hydrogens (tertiary/aromatic N) is 4. The first kappa shape index (κ1) is 18.0. The molecule has 6 heteroatoms. The summed E-state index contributed by atoms with van der Waals surface area (Å²) in [5.41, 5.74) is 12.0. The Morgan fingerprint density at radius 2 is 1.72 bits per heavy atom. The molecule has 0 bridgehead atoms. The Kier molecular flexibility index (Phi) is 4.79. The number of fused-ring (bicyclic) bond motifs is 1. The van der Waals surface area contributed by atoms with Crippen LogP contribution in [-0.4, -0.2) is 26.1 Å². The van der Waals surface area contributed by atoms with Gasteiger partial charge in [-0.2, -0.15) is 0 Å². The highest BCUT2D eigenvalue weighted by atomic mass is 16.5. The van der Waals surface area contributed by atoms with Gasteiger partial charge >= 0.3 is 0 Å². The predicted molar refractivity (Wildman–Crippen MR) is 112 cm³/mol. The lowest BCUT2D eigenvalue weighted by atomic mass is 9.98. The Labute approximate surface area is 169 Å². The lowest BCUT2D eigenvalue weighted by molar-refractivity contribution is -0.0298. The van der Waals surface area contributed by atoms with E-state index >= 15 is 0 Å². The zero-order valence-electron chi connectivity index (χ0n) is 16.1. The SMILES string of the molecule is NC(c1ccccc1)c1ccc(-c2ncnc3c2ncn3C2CCCCO2)cc1. The van der Waals surface area contributed by atoms with E-state index in [2.05, 4.69) is 39.2 Å². The smallest absolute Gasteiger partial charge is 0.165 e. The summed E-state index contributed by atoms with van der Waals surface area (Å²) in [6.07, 6.45) is 6.67. The van der Waals surface area contributed by atoms with Gasteiger partial charge in [-0.15, -0.1) is 0 Å². The van der Waals surface area contributed by atoms with Crippen molar-refractivity contribution in [2.75, 3.05) is 6.61 Å². The molecule has 6 nitrogen and oxygen atoms in total. The number of hydrogen-bond donors (Lipinski definition) is 1. The van der Waals surface area contributed by atoms with E-state index in [1.165, 1.54) is 0 Å². The van der Waals surface area contributed by atoms with Crippen molar-refractivity contribution in [3.63, 3.8) is 0 Å². The van der Waals surface area contributed by atoms with Gasteiger partial charge in [0.25, 0.3) is 0 Å². The molecule has 3 heterocycles. The Morgan fingerprint density at radius 3 is 2.48 bits per heavy atom. The molecule has 2 atom stereocenters.